The van der Waals surface area contributed by atoms with Crippen LogP contribution in [-0.2, 0) is 0 Å². The summed E-state index contributed by atoms with van der Waals surface area (Å²) in [6.45, 7) is 0. The molecule has 7 aromatic rings. The molecule has 7 rings (SSSR count). The molecule has 6 aromatic carbocycles. The monoisotopic (exact) mass is 492 g/mol. The van der Waals surface area contributed by atoms with Gasteiger partial charge in [-0.2, -0.15) is 0 Å². The van der Waals surface area contributed by atoms with Crippen molar-refractivity contribution in [2.45, 2.75) is 0 Å². The zero-order valence-electron chi connectivity index (χ0n) is 21.1. The average molecular weight is 493 g/mol. The van der Waals surface area contributed by atoms with Crippen molar-refractivity contribution in [3.05, 3.63) is 109 Å². The summed E-state index contributed by atoms with van der Waals surface area (Å²) in [4.78, 5) is 10.8. The van der Waals surface area contributed by atoms with Gasteiger partial charge in [0, 0.05) is 21.9 Å². The van der Waals surface area contributed by atoms with Crippen LogP contribution in [0.25, 0.3) is 65.9 Å². The van der Waals surface area contributed by atoms with E-state index < -0.39 is 0 Å². The van der Waals surface area contributed by atoms with Crippen molar-refractivity contribution in [1.29, 1.82) is 0 Å². The molecule has 0 aliphatic rings. The van der Waals surface area contributed by atoms with Crippen molar-refractivity contribution >= 4 is 43.6 Å². The van der Waals surface area contributed by atoms with E-state index in [-0.39, 0.29) is 0 Å². The largest absolute Gasteiger partial charge is 0.497 e. The highest BCUT2D eigenvalue weighted by Crippen LogP contribution is 2.39. The minimum Gasteiger partial charge on any atom is -0.497 e. The first kappa shape index (κ1) is 22.3. The van der Waals surface area contributed by atoms with E-state index >= 15 is 0 Å². The maximum atomic E-state index is 5.40. The molecule has 0 N–H and O–H groups in total. The van der Waals surface area contributed by atoms with Crippen LogP contribution in [0.15, 0.2) is 109 Å². The molecule has 1 aromatic heterocycles. The Kier molecular flexibility index (Phi) is 5.19. The predicted molar refractivity (Wildman–Crippen MR) is 156 cm³/mol. The summed E-state index contributed by atoms with van der Waals surface area (Å²) in [5.41, 5.74) is 7.76. The Morgan fingerprint density at radius 1 is 0.395 bits per heavy atom. The fourth-order valence-electron chi connectivity index (χ4n) is 5.37. The van der Waals surface area contributed by atoms with Gasteiger partial charge in [-0.05, 0) is 46.2 Å². The topological polar surface area (TPSA) is 44.2 Å². The Morgan fingerprint density at radius 2 is 0.763 bits per heavy atom. The smallest absolute Gasteiger partial charge is 0.118 e. The second-order valence-corrected chi connectivity index (χ2v) is 9.33. The third-order valence-corrected chi connectivity index (χ3v) is 7.28. The van der Waals surface area contributed by atoms with E-state index in [1.165, 1.54) is 10.8 Å². The summed E-state index contributed by atoms with van der Waals surface area (Å²) >= 11 is 0. The number of hydrogen-bond donors (Lipinski definition) is 0. The molecule has 1 heterocycles. The number of ether oxygens (including phenoxy) is 2. The van der Waals surface area contributed by atoms with E-state index in [9.17, 15) is 0 Å². The molecule has 0 fully saturated rings. The van der Waals surface area contributed by atoms with Gasteiger partial charge in [0.05, 0.1) is 36.3 Å². The zero-order chi connectivity index (χ0) is 25.6. The number of aromatic nitrogens is 2. The van der Waals surface area contributed by atoms with E-state index in [1.807, 2.05) is 24.3 Å². The Bertz CT molecular complexity index is 1830. The molecule has 38 heavy (non-hydrogen) atoms. The van der Waals surface area contributed by atoms with Crippen LogP contribution < -0.4 is 9.47 Å². The van der Waals surface area contributed by atoms with Gasteiger partial charge in [0.25, 0.3) is 0 Å². The highest BCUT2D eigenvalue weighted by atomic mass is 16.5. The zero-order valence-corrected chi connectivity index (χ0v) is 21.1. The predicted octanol–water partition coefficient (Wildman–Crippen LogP) is 8.44. The average Bonchev–Trinajstić information content (AvgIpc) is 3.00. The summed E-state index contributed by atoms with van der Waals surface area (Å²) in [6.07, 6.45) is 0. The number of fused-ring (bicyclic) bond motifs is 7. The van der Waals surface area contributed by atoms with Gasteiger partial charge in [0.15, 0.2) is 0 Å². The van der Waals surface area contributed by atoms with Crippen LogP contribution in [0.2, 0.25) is 0 Å². The van der Waals surface area contributed by atoms with Crippen LogP contribution >= 0.6 is 0 Å². The Hall–Kier alpha value is -4.96. The second kappa shape index (κ2) is 8.86. The molecule has 4 nitrogen and oxygen atoms in total. The maximum absolute atomic E-state index is 5.40. The third kappa shape index (κ3) is 3.46. The van der Waals surface area contributed by atoms with Crippen LogP contribution in [0.3, 0.4) is 0 Å². The molecule has 0 atom stereocenters. The fraction of sp³-hybridized carbons (Fsp3) is 0.0588. The molecule has 0 amide bonds. The van der Waals surface area contributed by atoms with Crippen molar-refractivity contribution < 1.29 is 9.47 Å². The first-order chi connectivity index (χ1) is 18.7. The number of nitrogens with zero attached hydrogens (tertiary/aromatic N) is 2. The van der Waals surface area contributed by atoms with Gasteiger partial charge in [0.1, 0.15) is 11.5 Å². The highest BCUT2D eigenvalue weighted by Gasteiger charge is 2.17. The van der Waals surface area contributed by atoms with Gasteiger partial charge in [-0.15, -0.1) is 0 Å². The van der Waals surface area contributed by atoms with Crippen LogP contribution in [0.5, 0.6) is 11.5 Å². The quantitative estimate of drug-likeness (QED) is 0.183. The van der Waals surface area contributed by atoms with Crippen LogP contribution in [0.1, 0.15) is 0 Å². The first-order valence-electron chi connectivity index (χ1n) is 12.6. The minimum absolute atomic E-state index is 0.821. The molecule has 4 heteroatoms. The van der Waals surface area contributed by atoms with E-state index in [4.69, 9.17) is 19.4 Å². The summed E-state index contributed by atoms with van der Waals surface area (Å²) in [5, 5.41) is 4.57. The summed E-state index contributed by atoms with van der Waals surface area (Å²) < 4.78 is 10.8. The molecule has 0 radical (unpaired) electrons. The Balaban J connectivity index is 1.62. The molecule has 0 unspecified atom stereocenters. The van der Waals surface area contributed by atoms with Gasteiger partial charge >= 0.3 is 0 Å². The third-order valence-electron chi connectivity index (χ3n) is 7.28. The molecule has 0 saturated carbocycles. The van der Waals surface area contributed by atoms with Gasteiger partial charge in [0.2, 0.25) is 0 Å². The summed E-state index contributed by atoms with van der Waals surface area (Å²) in [6, 6.07) is 37.4. The lowest BCUT2D eigenvalue weighted by Crippen LogP contribution is -1.96. The second-order valence-electron chi connectivity index (χ2n) is 9.33. The summed E-state index contributed by atoms with van der Waals surface area (Å²) in [5.74, 6) is 1.64. The molecule has 0 bridgehead atoms. The first-order valence-corrected chi connectivity index (χ1v) is 12.6. The standard InChI is InChI=1S/C34H24N2O2/c1-37-23-15-11-21(12-16-23)25-19-20-26(22-13-17-24(38-2)18-14-22)32-31(25)35-33-29-9-5-3-7-27(29)28-8-4-6-10-30(28)34(33)36-32/h3-20H,1-2H3. The molecule has 0 aliphatic heterocycles. The van der Waals surface area contributed by atoms with E-state index in [1.54, 1.807) is 14.2 Å². The Morgan fingerprint density at radius 3 is 1.13 bits per heavy atom. The van der Waals surface area contributed by atoms with Crippen molar-refractivity contribution in [3.63, 3.8) is 0 Å². The highest BCUT2D eigenvalue weighted by molar-refractivity contribution is 6.24. The van der Waals surface area contributed by atoms with E-state index in [0.29, 0.717) is 0 Å². The lowest BCUT2D eigenvalue weighted by molar-refractivity contribution is 0.415. The fourth-order valence-corrected chi connectivity index (χ4v) is 5.37. The Labute approximate surface area is 220 Å². The van der Waals surface area contributed by atoms with E-state index in [0.717, 1.165) is 66.6 Å². The SMILES string of the molecule is COc1ccc(-c2ccc(-c3ccc(OC)cc3)c3nc4c5ccccc5c5ccccc5c4nc23)cc1. The van der Waals surface area contributed by atoms with Gasteiger partial charge in [-0.1, -0.05) is 84.9 Å². The van der Waals surface area contributed by atoms with Crippen LogP contribution in [-0.4, -0.2) is 24.2 Å². The van der Waals surface area contributed by atoms with Gasteiger partial charge in [-0.25, -0.2) is 9.97 Å². The lowest BCUT2D eigenvalue weighted by atomic mass is 9.95. The van der Waals surface area contributed by atoms with Crippen molar-refractivity contribution in [1.82, 2.24) is 9.97 Å². The summed E-state index contributed by atoms with van der Waals surface area (Å²) in [7, 11) is 3.36. The molecule has 0 saturated heterocycles. The minimum atomic E-state index is 0.821. The van der Waals surface area contributed by atoms with Gasteiger partial charge in [-0.3, -0.25) is 0 Å². The van der Waals surface area contributed by atoms with Crippen molar-refractivity contribution in [3.8, 4) is 33.8 Å². The molecule has 0 spiro atoms. The van der Waals surface area contributed by atoms with Crippen molar-refractivity contribution in [2.24, 2.45) is 0 Å². The lowest BCUT2D eigenvalue weighted by Gasteiger charge is -2.15. The maximum Gasteiger partial charge on any atom is 0.118 e. The van der Waals surface area contributed by atoms with E-state index in [2.05, 4.69) is 84.9 Å². The molecule has 0 aliphatic carbocycles. The molecular formula is C34H24N2O2. The van der Waals surface area contributed by atoms with Gasteiger partial charge < -0.3 is 9.47 Å². The number of benzene rings is 6. The number of hydrogen-bond acceptors (Lipinski definition) is 4. The number of methoxy groups -OCH3 is 2. The van der Waals surface area contributed by atoms with Crippen LogP contribution in [0, 0.1) is 0 Å². The number of rotatable bonds is 4. The van der Waals surface area contributed by atoms with Crippen LogP contribution in [0.4, 0.5) is 0 Å². The normalized spacial score (nSPS) is 11.4. The molecular weight excluding hydrogens is 468 g/mol. The molecule has 182 valence electrons. The van der Waals surface area contributed by atoms with Crippen molar-refractivity contribution in [2.75, 3.05) is 14.2 Å².